The zero-order valence-corrected chi connectivity index (χ0v) is 38.0. The molecule has 8 heteroatoms. The average molecular weight is 914 g/mol. The van der Waals surface area contributed by atoms with Crippen LogP contribution < -0.4 is 0 Å². The molecule has 0 aliphatic heterocycles. The Morgan fingerprint density at radius 2 is 0.653 bits per heavy atom. The number of fused-ring (bicyclic) bond motifs is 4. The molecular formula is C41H41Cl4Si2Zr2-3. The van der Waals surface area contributed by atoms with Crippen LogP contribution in [0, 0.1) is 6.92 Å². The first-order valence-electron chi connectivity index (χ1n) is 15.2. The van der Waals surface area contributed by atoms with E-state index >= 15 is 0 Å². The van der Waals surface area contributed by atoms with Gasteiger partial charge in [0, 0.05) is 20.5 Å². The average Bonchev–Trinajstić information content (AvgIpc) is 3.99. The van der Waals surface area contributed by atoms with Gasteiger partial charge in [-0.2, -0.15) is 76.5 Å². The molecule has 0 aromatic heterocycles. The van der Waals surface area contributed by atoms with Crippen LogP contribution in [0.4, 0.5) is 0 Å². The molecule has 49 heavy (non-hydrogen) atoms. The van der Waals surface area contributed by atoms with Crippen molar-refractivity contribution in [3.8, 4) is 0 Å². The van der Waals surface area contributed by atoms with E-state index in [9.17, 15) is 0 Å². The van der Waals surface area contributed by atoms with Crippen LogP contribution in [-0.2, 0) is 41.7 Å². The van der Waals surface area contributed by atoms with Crippen LogP contribution in [-0.4, -0.2) is 20.5 Å². The monoisotopic (exact) mass is 909 g/mol. The summed E-state index contributed by atoms with van der Waals surface area (Å²) in [6.07, 6.45) is 1.00. The summed E-state index contributed by atoms with van der Waals surface area (Å²) in [5.41, 5.74) is 0. The summed E-state index contributed by atoms with van der Waals surface area (Å²) in [6.45, 7) is 9.11. The second-order valence-electron chi connectivity index (χ2n) is 9.26. The van der Waals surface area contributed by atoms with Crippen molar-refractivity contribution in [2.75, 3.05) is 0 Å². The Bertz CT molecular complexity index is 1450. The second-order valence-corrected chi connectivity index (χ2v) is 16.7. The van der Waals surface area contributed by atoms with Crippen molar-refractivity contribution in [3.05, 3.63) is 177 Å². The molecule has 0 fully saturated rings. The van der Waals surface area contributed by atoms with E-state index in [4.69, 9.17) is 34.1 Å². The second kappa shape index (κ2) is 33.8. The van der Waals surface area contributed by atoms with E-state index in [2.05, 4.69) is 197 Å². The van der Waals surface area contributed by atoms with Gasteiger partial charge in [0.15, 0.2) is 0 Å². The SMILES string of the molecule is C[Si].C[Si].[CH2-]CC.[Cl][Zr+2][Cl].[Cl][Zr][Cl].c1ccc2[cH-]ccc2c1.c1ccc2[cH-]ccc2c1.c1ccc2[cH-]ccc2c1.c1ccc2[cH-]ccc2c1. The smallest absolute Gasteiger partial charge is 0.0809 e. The van der Waals surface area contributed by atoms with Gasteiger partial charge in [0.25, 0.3) is 0 Å². The first-order chi connectivity index (χ1) is 24.1. The van der Waals surface area contributed by atoms with Crippen LogP contribution in [0.1, 0.15) is 13.3 Å². The summed E-state index contributed by atoms with van der Waals surface area (Å²) in [4.78, 5) is 0. The fourth-order valence-electron chi connectivity index (χ4n) is 4.28. The van der Waals surface area contributed by atoms with Crippen molar-refractivity contribution in [1.82, 2.24) is 0 Å². The van der Waals surface area contributed by atoms with Gasteiger partial charge in [-0.3, -0.25) is 0 Å². The molecule has 6 radical (unpaired) electrons. The topological polar surface area (TPSA) is 0 Å². The summed E-state index contributed by atoms with van der Waals surface area (Å²) in [5, 5.41) is 10.6. The van der Waals surface area contributed by atoms with Gasteiger partial charge < -0.3 is 6.92 Å². The van der Waals surface area contributed by atoms with Crippen molar-refractivity contribution < 1.29 is 41.7 Å². The van der Waals surface area contributed by atoms with Crippen molar-refractivity contribution in [2.24, 2.45) is 0 Å². The number of hydrogen-bond donors (Lipinski definition) is 0. The molecule has 8 aromatic rings. The molecule has 0 unspecified atom stereocenters. The number of rotatable bonds is 0. The Morgan fingerprint density at radius 3 is 0.816 bits per heavy atom. The van der Waals surface area contributed by atoms with E-state index in [1.807, 2.05) is 6.92 Å². The van der Waals surface area contributed by atoms with Crippen LogP contribution in [0.25, 0.3) is 43.1 Å². The summed E-state index contributed by atoms with van der Waals surface area (Å²) in [6, 6.07) is 58.7. The van der Waals surface area contributed by atoms with Gasteiger partial charge in [-0.25, -0.2) is 0 Å². The van der Waals surface area contributed by atoms with Crippen molar-refractivity contribution in [1.29, 1.82) is 0 Å². The Morgan fingerprint density at radius 1 is 0.490 bits per heavy atom. The summed E-state index contributed by atoms with van der Waals surface area (Å²) >= 11 is -1.65. The van der Waals surface area contributed by atoms with Crippen LogP contribution in [0.3, 0.4) is 0 Å². The van der Waals surface area contributed by atoms with Crippen molar-refractivity contribution in [3.63, 3.8) is 0 Å². The third-order valence-corrected chi connectivity index (χ3v) is 6.19. The van der Waals surface area contributed by atoms with E-state index < -0.39 is 41.7 Å². The fourth-order valence-corrected chi connectivity index (χ4v) is 4.28. The molecule has 0 saturated carbocycles. The quantitative estimate of drug-likeness (QED) is 0.105. The summed E-state index contributed by atoms with van der Waals surface area (Å²) in [5.74, 6) is 0. The zero-order valence-electron chi connectivity index (χ0n) is 28.1. The molecule has 0 nitrogen and oxygen atoms in total. The Hall–Kier alpha value is -1.32. The molecule has 0 heterocycles. The Balaban J connectivity index is 0.000000563. The van der Waals surface area contributed by atoms with Crippen LogP contribution in [0.5, 0.6) is 0 Å². The minimum absolute atomic E-state index is 0.826. The number of hydrogen-bond acceptors (Lipinski definition) is 0. The van der Waals surface area contributed by atoms with Gasteiger partial charge in [0.1, 0.15) is 0 Å². The molecule has 0 spiro atoms. The van der Waals surface area contributed by atoms with Crippen molar-refractivity contribution in [2.45, 2.75) is 26.4 Å². The van der Waals surface area contributed by atoms with E-state index in [0.29, 0.717) is 0 Å². The van der Waals surface area contributed by atoms with Gasteiger partial charge in [-0.15, -0.1) is 119 Å². The third kappa shape index (κ3) is 21.0. The Labute approximate surface area is 338 Å². The first-order valence-corrected chi connectivity index (χ1v) is 29.9. The molecule has 0 aliphatic carbocycles. The normalized spacial score (nSPS) is 8.61. The fraction of sp³-hybridized carbons (Fsp3) is 0.0976. The predicted octanol–water partition coefficient (Wildman–Crippen LogP) is 14.6. The molecule has 0 N–H and O–H groups in total. The van der Waals surface area contributed by atoms with Gasteiger partial charge in [-0.1, -0.05) is 44.3 Å². The molecule has 0 saturated heterocycles. The maximum Gasteiger partial charge on any atom is -0.0809 e. The largest absolute Gasteiger partial charge is 0.168 e. The molecule has 0 amide bonds. The van der Waals surface area contributed by atoms with Gasteiger partial charge in [-0.05, 0) is 0 Å². The Kier molecular flexibility index (Phi) is 32.9. The van der Waals surface area contributed by atoms with E-state index in [1.165, 1.54) is 43.1 Å². The van der Waals surface area contributed by atoms with Crippen LogP contribution in [0.15, 0.2) is 170 Å². The molecule has 8 rings (SSSR count). The maximum atomic E-state index is 4.93. The van der Waals surface area contributed by atoms with E-state index in [0.717, 1.165) is 6.42 Å². The third-order valence-electron chi connectivity index (χ3n) is 6.19. The molecule has 0 aliphatic rings. The molecular weight excluding hydrogens is 873 g/mol. The summed E-state index contributed by atoms with van der Waals surface area (Å²) in [7, 11) is 25.7. The predicted molar refractivity (Wildman–Crippen MR) is 220 cm³/mol. The standard InChI is InChI=1S/4C9H7.C3H7.2CH3Si.4ClH.2Zr/c4*1-2-5-9-7-3-6-8(9)4-1;1-3-2;2*1-2;;;;;;/h4*1-7H;1,3H2,2H3;2*1H3;4*1H;;/q5*-1;;;;;;;+2;+4/p-4. The number of benzene rings is 4. The van der Waals surface area contributed by atoms with Crippen LogP contribution >= 0.6 is 34.1 Å². The number of halogens is 4. The zero-order chi connectivity index (χ0) is 36.5. The van der Waals surface area contributed by atoms with Crippen LogP contribution in [0.2, 0.25) is 13.1 Å². The minimum Gasteiger partial charge on any atom is -0.168 e. The maximum absolute atomic E-state index is 4.93. The molecule has 0 bridgehead atoms. The van der Waals surface area contributed by atoms with Gasteiger partial charge in [0.05, 0.1) is 0 Å². The first kappa shape index (κ1) is 47.7. The molecule has 0 atom stereocenters. The van der Waals surface area contributed by atoms with E-state index in [-0.39, 0.29) is 0 Å². The minimum atomic E-state index is -0.826. The van der Waals surface area contributed by atoms with E-state index in [1.54, 1.807) is 13.1 Å². The van der Waals surface area contributed by atoms with Gasteiger partial charge >= 0.3 is 75.7 Å². The molecule has 252 valence electrons. The van der Waals surface area contributed by atoms with Crippen molar-refractivity contribution >= 4 is 97.6 Å². The molecule has 8 aromatic carbocycles. The summed E-state index contributed by atoms with van der Waals surface area (Å²) < 4.78 is 0. The van der Waals surface area contributed by atoms with Gasteiger partial charge in [0.2, 0.25) is 0 Å².